The molecule has 3 aliphatic heterocycles. The molecule has 2 saturated heterocycles. The van der Waals surface area contributed by atoms with Crippen LogP contribution in [0.1, 0.15) is 5.56 Å². The van der Waals surface area contributed by atoms with Crippen LogP contribution in [0, 0.1) is 11.8 Å². The molecule has 35 heavy (non-hydrogen) atoms. The van der Waals surface area contributed by atoms with Crippen molar-refractivity contribution in [3.05, 3.63) is 66.4 Å². The van der Waals surface area contributed by atoms with E-state index in [1.165, 1.54) is 10.9 Å². The molecule has 3 aliphatic rings. The average Bonchev–Trinajstić information content (AvgIpc) is 3.62. The van der Waals surface area contributed by atoms with Gasteiger partial charge in [0.2, 0.25) is 11.8 Å². The summed E-state index contributed by atoms with van der Waals surface area (Å²) in [5.41, 5.74) is 2.07. The Morgan fingerprint density at radius 1 is 1.20 bits per heavy atom. The van der Waals surface area contributed by atoms with E-state index < -0.39 is 23.5 Å². The first-order chi connectivity index (χ1) is 17.0. The Morgan fingerprint density at radius 2 is 1.97 bits per heavy atom. The van der Waals surface area contributed by atoms with Crippen LogP contribution in [-0.4, -0.2) is 60.7 Å². The molecule has 180 valence electrons. The largest absolute Gasteiger partial charge is 0.497 e. The van der Waals surface area contributed by atoms with Crippen LogP contribution in [-0.2, 0) is 20.7 Å². The molecule has 2 N–H and O–H groups in total. The topological polar surface area (TPSA) is 92.9 Å². The van der Waals surface area contributed by atoms with Gasteiger partial charge in [-0.1, -0.05) is 30.4 Å². The number of fused-ring (bicyclic) bond motifs is 2. The molecule has 3 unspecified atom stereocenters. The molecular weight excluding hydrogens is 446 g/mol. The highest BCUT2D eigenvalue weighted by atomic mass is 16.5. The normalized spacial score (nSPS) is 26.4. The Labute approximate surface area is 202 Å². The second-order valence-corrected chi connectivity index (χ2v) is 9.36. The zero-order chi connectivity index (χ0) is 24.2. The average molecular weight is 474 g/mol. The van der Waals surface area contributed by atoms with Gasteiger partial charge in [-0.25, -0.2) is 0 Å². The summed E-state index contributed by atoms with van der Waals surface area (Å²) in [4.78, 5) is 32.1. The van der Waals surface area contributed by atoms with Crippen molar-refractivity contribution >= 4 is 28.4 Å². The van der Waals surface area contributed by atoms with Crippen LogP contribution in [0.3, 0.4) is 0 Å². The number of hydrogen-bond donors (Lipinski definition) is 2. The highest BCUT2D eigenvalue weighted by Crippen LogP contribution is 2.52. The van der Waals surface area contributed by atoms with Gasteiger partial charge in [-0.05, 0) is 18.1 Å². The van der Waals surface area contributed by atoms with Gasteiger partial charge >= 0.3 is 0 Å². The molecule has 8 nitrogen and oxygen atoms in total. The minimum atomic E-state index is -0.740. The van der Waals surface area contributed by atoms with Gasteiger partial charge < -0.3 is 29.4 Å². The van der Waals surface area contributed by atoms with E-state index in [-0.39, 0.29) is 11.8 Å². The molecule has 0 radical (unpaired) electrons. The number of nitrogens with one attached hydrogen (secondary N) is 2. The molecule has 2 aromatic carbocycles. The zero-order valence-electron chi connectivity index (χ0n) is 19.6. The van der Waals surface area contributed by atoms with Gasteiger partial charge in [0.25, 0.3) is 0 Å². The first-order valence-corrected chi connectivity index (χ1v) is 11.8. The minimum absolute atomic E-state index is 0.0277. The minimum Gasteiger partial charge on any atom is -0.497 e. The lowest BCUT2D eigenvalue weighted by Crippen LogP contribution is -2.41. The van der Waals surface area contributed by atoms with E-state index >= 15 is 0 Å². The lowest BCUT2D eigenvalue weighted by molar-refractivity contribution is -0.135. The maximum absolute atomic E-state index is 13.5. The van der Waals surface area contributed by atoms with Crippen molar-refractivity contribution in [2.24, 2.45) is 11.8 Å². The predicted octanol–water partition coefficient (Wildman–Crippen LogP) is 3.15. The second kappa shape index (κ2) is 8.16. The molecule has 2 amide bonds. The number of para-hydroxylation sites is 1. The number of nitrogens with zero attached hydrogens (tertiary/aromatic N) is 1. The number of hydrogen-bond acceptors (Lipinski definition) is 5. The van der Waals surface area contributed by atoms with Crippen LogP contribution >= 0.6 is 0 Å². The second-order valence-electron chi connectivity index (χ2n) is 9.36. The number of anilines is 1. The maximum atomic E-state index is 13.5. The van der Waals surface area contributed by atoms with Crippen LogP contribution in [0.15, 0.2) is 60.8 Å². The number of H-pyrrole nitrogens is 1. The summed E-state index contributed by atoms with van der Waals surface area (Å²) < 4.78 is 16.9. The first kappa shape index (κ1) is 21.7. The number of carbonyl (C=O) groups is 2. The van der Waals surface area contributed by atoms with Crippen molar-refractivity contribution in [2.45, 2.75) is 18.1 Å². The summed E-state index contributed by atoms with van der Waals surface area (Å²) in [6, 6.07) is 13.3. The Morgan fingerprint density at radius 3 is 2.74 bits per heavy atom. The number of benzene rings is 2. The van der Waals surface area contributed by atoms with Gasteiger partial charge in [0.15, 0.2) is 0 Å². The highest BCUT2D eigenvalue weighted by Gasteiger charge is 2.66. The van der Waals surface area contributed by atoms with E-state index in [2.05, 4.69) is 16.4 Å². The summed E-state index contributed by atoms with van der Waals surface area (Å²) in [6.07, 6.45) is 6.22. The Kier molecular flexibility index (Phi) is 5.07. The van der Waals surface area contributed by atoms with E-state index in [1.54, 1.807) is 32.4 Å². The molecule has 1 spiro atoms. The number of amides is 2. The summed E-state index contributed by atoms with van der Waals surface area (Å²) in [7, 11) is 3.11. The SMILES string of the molecule is COc1cc(NC(=O)C2C3C(=O)N(CCc4c[nH]c5ccccc45)CC34C=C[C@H]2O4)cc(OC)c1. The molecule has 3 aromatic rings. The fraction of sp³-hybridized carbons (Fsp3) is 0.333. The highest BCUT2D eigenvalue weighted by molar-refractivity contribution is 5.99. The van der Waals surface area contributed by atoms with Crippen molar-refractivity contribution in [1.82, 2.24) is 9.88 Å². The number of aromatic amines is 1. The summed E-state index contributed by atoms with van der Waals surface area (Å²) in [6.45, 7) is 1.03. The fourth-order valence-electron chi connectivity index (χ4n) is 5.77. The number of ether oxygens (including phenoxy) is 3. The Bertz CT molecular complexity index is 1330. The van der Waals surface area contributed by atoms with Gasteiger partial charge in [0.1, 0.15) is 17.1 Å². The summed E-state index contributed by atoms with van der Waals surface area (Å²) in [5, 5.41) is 4.12. The standard InChI is InChI=1S/C27H27N3O5/c1-33-18-11-17(12-19(13-18)34-2)29-25(31)23-22-7-9-27(35-22)15-30(26(32)24(23)27)10-8-16-14-28-21-6-4-3-5-20(16)21/h3-7,9,11-14,22-24,28H,8,10,15H2,1-2H3,(H,29,31)/t22-,23?,24?,27?/m1/s1. The number of carbonyl (C=O) groups excluding carboxylic acids is 2. The third-order valence-electron chi connectivity index (χ3n) is 7.43. The molecule has 4 heterocycles. The van der Waals surface area contributed by atoms with Crippen molar-refractivity contribution < 1.29 is 23.8 Å². The lowest BCUT2D eigenvalue weighted by Gasteiger charge is -2.23. The monoisotopic (exact) mass is 473 g/mol. The van der Waals surface area contributed by atoms with Crippen molar-refractivity contribution in [2.75, 3.05) is 32.6 Å². The molecule has 1 aromatic heterocycles. The van der Waals surface area contributed by atoms with E-state index in [0.717, 1.165) is 11.9 Å². The van der Waals surface area contributed by atoms with Crippen LogP contribution in [0.2, 0.25) is 0 Å². The predicted molar refractivity (Wildman–Crippen MR) is 130 cm³/mol. The van der Waals surface area contributed by atoms with E-state index in [0.29, 0.717) is 30.3 Å². The van der Waals surface area contributed by atoms with E-state index in [9.17, 15) is 9.59 Å². The number of rotatable bonds is 7. The third-order valence-corrected chi connectivity index (χ3v) is 7.43. The molecular formula is C27H27N3O5. The van der Waals surface area contributed by atoms with Gasteiger partial charge in [0.05, 0.1) is 38.7 Å². The first-order valence-electron chi connectivity index (χ1n) is 11.8. The molecule has 0 saturated carbocycles. The molecule has 8 heteroatoms. The third kappa shape index (κ3) is 3.47. The van der Waals surface area contributed by atoms with E-state index in [1.807, 2.05) is 41.4 Å². The molecule has 4 atom stereocenters. The lowest BCUT2D eigenvalue weighted by atomic mass is 9.77. The summed E-state index contributed by atoms with van der Waals surface area (Å²) in [5.74, 6) is -0.259. The van der Waals surface area contributed by atoms with Gasteiger partial charge in [-0.3, -0.25) is 9.59 Å². The smallest absolute Gasteiger partial charge is 0.231 e. The maximum Gasteiger partial charge on any atom is 0.231 e. The number of aromatic nitrogens is 1. The van der Waals surface area contributed by atoms with Crippen LogP contribution in [0.25, 0.3) is 10.9 Å². The molecule has 2 bridgehead atoms. The molecule has 0 aliphatic carbocycles. The summed E-state index contributed by atoms with van der Waals surface area (Å²) >= 11 is 0. The van der Waals surface area contributed by atoms with Gasteiger partial charge in [-0.2, -0.15) is 0 Å². The molecule has 2 fully saturated rings. The van der Waals surface area contributed by atoms with Crippen molar-refractivity contribution in [1.29, 1.82) is 0 Å². The van der Waals surface area contributed by atoms with Crippen molar-refractivity contribution in [3.63, 3.8) is 0 Å². The fourth-order valence-corrected chi connectivity index (χ4v) is 5.77. The van der Waals surface area contributed by atoms with Crippen LogP contribution < -0.4 is 14.8 Å². The quantitative estimate of drug-likeness (QED) is 0.515. The number of methoxy groups -OCH3 is 2. The number of likely N-dealkylation sites (tertiary alicyclic amines) is 1. The van der Waals surface area contributed by atoms with Crippen molar-refractivity contribution in [3.8, 4) is 11.5 Å². The van der Waals surface area contributed by atoms with Crippen LogP contribution in [0.5, 0.6) is 11.5 Å². The molecule has 6 rings (SSSR count). The zero-order valence-corrected chi connectivity index (χ0v) is 19.6. The van der Waals surface area contributed by atoms with Gasteiger partial charge in [-0.15, -0.1) is 0 Å². The Hall–Kier alpha value is -3.78. The van der Waals surface area contributed by atoms with Gasteiger partial charge in [0, 0.05) is 47.5 Å². The van der Waals surface area contributed by atoms with E-state index in [4.69, 9.17) is 14.2 Å². The van der Waals surface area contributed by atoms with Crippen LogP contribution in [0.4, 0.5) is 5.69 Å². The Balaban J connectivity index is 1.20.